The molecule has 3 aromatic rings. The number of hydrogen-bond acceptors (Lipinski definition) is 7. The quantitative estimate of drug-likeness (QED) is 0.279. The lowest BCUT2D eigenvalue weighted by molar-refractivity contribution is -0.117. The van der Waals surface area contributed by atoms with E-state index < -0.39 is 6.04 Å². The minimum absolute atomic E-state index is 0.243. The lowest BCUT2D eigenvalue weighted by Gasteiger charge is -2.14. The van der Waals surface area contributed by atoms with E-state index >= 15 is 0 Å². The Balaban J connectivity index is 1.62. The van der Waals surface area contributed by atoms with Gasteiger partial charge in [-0.3, -0.25) is 4.79 Å². The zero-order valence-corrected chi connectivity index (χ0v) is 18.6. The second-order valence-corrected chi connectivity index (χ2v) is 7.80. The van der Waals surface area contributed by atoms with E-state index in [9.17, 15) is 4.79 Å². The summed E-state index contributed by atoms with van der Waals surface area (Å²) in [5.74, 6) is 0.872. The topological polar surface area (TPSA) is 131 Å². The Kier molecular flexibility index (Phi) is 8.34. The van der Waals surface area contributed by atoms with Crippen LogP contribution < -0.4 is 27.4 Å². The zero-order valence-electron chi connectivity index (χ0n) is 17.0. The molecule has 2 aromatic carbocycles. The van der Waals surface area contributed by atoms with Gasteiger partial charge in [0, 0.05) is 24.1 Å². The Morgan fingerprint density at radius 2 is 1.87 bits per heavy atom. The number of hydrogen-bond donors (Lipinski definition) is 5. The van der Waals surface area contributed by atoms with Crippen LogP contribution in [0.1, 0.15) is 12.0 Å². The van der Waals surface area contributed by atoms with Gasteiger partial charge >= 0.3 is 0 Å². The van der Waals surface area contributed by atoms with Crippen molar-refractivity contribution >= 4 is 45.0 Å². The van der Waals surface area contributed by atoms with Crippen molar-refractivity contribution in [3.05, 3.63) is 70.8 Å². The second-order valence-electron chi connectivity index (χ2n) is 6.95. The molecule has 1 amide bonds. The van der Waals surface area contributed by atoms with E-state index in [0.717, 1.165) is 28.7 Å². The predicted octanol–water partition coefficient (Wildman–Crippen LogP) is 3.25. The summed E-state index contributed by atoms with van der Waals surface area (Å²) in [6.45, 7) is 1.32. The third kappa shape index (κ3) is 7.02. The largest absolute Gasteiger partial charge is 0.369 e. The zero-order chi connectivity index (χ0) is 22.1. The van der Waals surface area contributed by atoms with Gasteiger partial charge < -0.3 is 27.4 Å². The molecule has 0 unspecified atom stereocenters. The highest BCUT2D eigenvalue weighted by Gasteiger charge is 2.14. The number of rotatable bonds is 10. The number of carbonyl (C=O) groups is 1. The molecule has 0 saturated heterocycles. The summed E-state index contributed by atoms with van der Waals surface area (Å²) in [6.07, 6.45) is 2.99. The first-order valence-corrected chi connectivity index (χ1v) is 10.8. The summed E-state index contributed by atoms with van der Waals surface area (Å²) in [5, 5.41) is 9.24. The summed E-state index contributed by atoms with van der Waals surface area (Å²) < 4.78 is 0.767. The summed E-state index contributed by atoms with van der Waals surface area (Å²) in [6, 6.07) is 16.4. The molecule has 3 rings (SSSR count). The number of anilines is 4. The first-order valence-electron chi connectivity index (χ1n) is 9.99. The van der Waals surface area contributed by atoms with Crippen LogP contribution in [0.4, 0.5) is 23.1 Å². The van der Waals surface area contributed by atoms with Crippen LogP contribution in [0.25, 0.3) is 0 Å². The molecule has 8 nitrogen and oxygen atoms in total. The average Bonchev–Trinajstić information content (AvgIpc) is 2.77. The molecule has 0 aliphatic heterocycles. The van der Waals surface area contributed by atoms with E-state index in [1.54, 1.807) is 18.3 Å². The summed E-state index contributed by atoms with van der Waals surface area (Å²) in [5.41, 5.74) is 14.0. The monoisotopic (exact) mass is 483 g/mol. The molecule has 1 atom stereocenters. The molecule has 1 heterocycles. The molecule has 0 fully saturated rings. The normalized spacial score (nSPS) is 11.6. The molecule has 0 radical (unpaired) electrons. The Hall–Kier alpha value is -3.01. The maximum Gasteiger partial charge on any atom is 0.241 e. The van der Waals surface area contributed by atoms with Crippen molar-refractivity contribution in [3.8, 4) is 0 Å². The van der Waals surface area contributed by atoms with Crippen LogP contribution in [-0.4, -0.2) is 35.0 Å². The van der Waals surface area contributed by atoms with Crippen LogP contribution in [0.5, 0.6) is 0 Å². The SMILES string of the molecule is NCCCNc1nc(Nc2cccc(NC(=O)[C@H](N)Cc3ccccc3)c2)ncc1Br. The Bertz CT molecular complexity index is 1000. The van der Waals surface area contributed by atoms with Crippen molar-refractivity contribution in [1.29, 1.82) is 0 Å². The fraction of sp³-hybridized carbons (Fsp3) is 0.227. The number of nitrogens with one attached hydrogen (secondary N) is 3. The third-order valence-corrected chi connectivity index (χ3v) is 5.02. The van der Waals surface area contributed by atoms with Gasteiger partial charge in [0.15, 0.2) is 0 Å². The number of amides is 1. The Morgan fingerprint density at radius 3 is 2.65 bits per heavy atom. The maximum atomic E-state index is 12.5. The molecule has 7 N–H and O–H groups in total. The van der Waals surface area contributed by atoms with Gasteiger partial charge in [-0.05, 0) is 59.1 Å². The van der Waals surface area contributed by atoms with Gasteiger partial charge in [0.1, 0.15) is 5.82 Å². The van der Waals surface area contributed by atoms with Gasteiger partial charge in [-0.2, -0.15) is 4.98 Å². The molecular weight excluding hydrogens is 458 g/mol. The van der Waals surface area contributed by atoms with Crippen molar-refractivity contribution in [1.82, 2.24) is 9.97 Å². The first kappa shape index (κ1) is 22.7. The molecule has 0 saturated carbocycles. The summed E-state index contributed by atoms with van der Waals surface area (Å²) in [4.78, 5) is 21.3. The standard InChI is InChI=1S/C22H26BrN7O/c23-18-14-27-22(30-20(18)26-11-5-10-24)29-17-9-4-8-16(13-17)28-21(31)19(25)12-15-6-2-1-3-7-15/h1-4,6-9,13-14,19H,5,10-12,24-25H2,(H,28,31)(H2,26,27,29,30)/t19-/m1/s1. The molecular formula is C22H26BrN7O. The molecule has 0 aliphatic carbocycles. The van der Waals surface area contributed by atoms with E-state index in [1.165, 1.54) is 0 Å². The molecule has 0 spiro atoms. The molecule has 9 heteroatoms. The predicted molar refractivity (Wildman–Crippen MR) is 128 cm³/mol. The van der Waals surface area contributed by atoms with Crippen LogP contribution in [0, 0.1) is 0 Å². The highest BCUT2D eigenvalue weighted by atomic mass is 79.9. The van der Waals surface area contributed by atoms with Crippen LogP contribution >= 0.6 is 15.9 Å². The van der Waals surface area contributed by atoms with Crippen molar-refractivity contribution < 1.29 is 4.79 Å². The van der Waals surface area contributed by atoms with Gasteiger partial charge in [-0.25, -0.2) is 4.98 Å². The van der Waals surface area contributed by atoms with Gasteiger partial charge in [0.2, 0.25) is 11.9 Å². The van der Waals surface area contributed by atoms with E-state index in [0.29, 0.717) is 30.4 Å². The lowest BCUT2D eigenvalue weighted by atomic mass is 10.1. The van der Waals surface area contributed by atoms with Gasteiger partial charge in [-0.1, -0.05) is 36.4 Å². The number of benzene rings is 2. The molecule has 1 aromatic heterocycles. The number of carbonyl (C=O) groups excluding carboxylic acids is 1. The van der Waals surface area contributed by atoms with Crippen LogP contribution in [0.2, 0.25) is 0 Å². The lowest BCUT2D eigenvalue weighted by Crippen LogP contribution is -2.37. The average molecular weight is 484 g/mol. The molecule has 0 bridgehead atoms. The first-order chi connectivity index (χ1) is 15.0. The fourth-order valence-corrected chi connectivity index (χ4v) is 3.19. The van der Waals surface area contributed by atoms with E-state index in [1.807, 2.05) is 42.5 Å². The van der Waals surface area contributed by atoms with Crippen molar-refractivity contribution in [2.45, 2.75) is 18.9 Å². The summed E-state index contributed by atoms with van der Waals surface area (Å²) in [7, 11) is 0. The van der Waals surface area contributed by atoms with E-state index in [2.05, 4.69) is 41.8 Å². The third-order valence-electron chi connectivity index (χ3n) is 4.44. The highest BCUT2D eigenvalue weighted by Crippen LogP contribution is 2.23. The maximum absolute atomic E-state index is 12.5. The van der Waals surface area contributed by atoms with Gasteiger partial charge in [0.05, 0.1) is 10.5 Å². The number of aromatic nitrogens is 2. The molecule has 0 aliphatic rings. The second kappa shape index (κ2) is 11.4. The number of nitrogens with zero attached hydrogens (tertiary/aromatic N) is 2. The van der Waals surface area contributed by atoms with Gasteiger partial charge in [0.25, 0.3) is 0 Å². The van der Waals surface area contributed by atoms with Crippen LogP contribution in [-0.2, 0) is 11.2 Å². The number of halogens is 1. The minimum atomic E-state index is -0.643. The van der Waals surface area contributed by atoms with Crippen LogP contribution in [0.15, 0.2) is 65.3 Å². The molecule has 162 valence electrons. The smallest absolute Gasteiger partial charge is 0.241 e. The highest BCUT2D eigenvalue weighted by molar-refractivity contribution is 9.10. The summed E-state index contributed by atoms with van der Waals surface area (Å²) >= 11 is 3.44. The Morgan fingerprint density at radius 1 is 1.10 bits per heavy atom. The van der Waals surface area contributed by atoms with Crippen molar-refractivity contribution in [2.75, 3.05) is 29.0 Å². The molecule has 31 heavy (non-hydrogen) atoms. The Labute approximate surface area is 190 Å². The van der Waals surface area contributed by atoms with E-state index in [4.69, 9.17) is 11.5 Å². The van der Waals surface area contributed by atoms with Crippen molar-refractivity contribution in [3.63, 3.8) is 0 Å². The fourth-order valence-electron chi connectivity index (χ4n) is 2.86. The minimum Gasteiger partial charge on any atom is -0.369 e. The van der Waals surface area contributed by atoms with Crippen molar-refractivity contribution in [2.24, 2.45) is 11.5 Å². The number of nitrogens with two attached hydrogens (primary N) is 2. The van der Waals surface area contributed by atoms with Gasteiger partial charge in [-0.15, -0.1) is 0 Å². The van der Waals surface area contributed by atoms with E-state index in [-0.39, 0.29) is 5.91 Å². The van der Waals surface area contributed by atoms with Crippen LogP contribution in [0.3, 0.4) is 0 Å².